The van der Waals surface area contributed by atoms with E-state index in [-0.39, 0.29) is 0 Å². The lowest BCUT2D eigenvalue weighted by Gasteiger charge is -2.03. The van der Waals surface area contributed by atoms with Crippen molar-refractivity contribution in [3.63, 3.8) is 0 Å². The Morgan fingerprint density at radius 3 is 2.67 bits per heavy atom. The molecular weight excluding hydrogens is 112 g/mol. The summed E-state index contributed by atoms with van der Waals surface area (Å²) < 4.78 is 0. The number of hydrogen-bond acceptors (Lipinski definition) is 1. The van der Waals surface area contributed by atoms with E-state index in [1.165, 1.54) is 0 Å². The van der Waals surface area contributed by atoms with Gasteiger partial charge < -0.3 is 4.90 Å². The number of allylic oxidation sites excluding steroid dienone is 1. The van der Waals surface area contributed by atoms with Gasteiger partial charge in [-0.25, -0.2) is 0 Å². The molecule has 0 bridgehead atoms. The highest BCUT2D eigenvalue weighted by Gasteiger charge is 1.77. The predicted molar refractivity (Wildman–Crippen MR) is 41.6 cm³/mol. The smallest absolute Gasteiger partial charge is 0.0883 e. The topological polar surface area (TPSA) is 15.6 Å². The highest BCUT2D eigenvalue weighted by Crippen LogP contribution is 1.82. The molecule has 0 saturated carbocycles. The molecule has 0 unspecified atom stereocenters. The maximum Gasteiger partial charge on any atom is 0.0883 e. The van der Waals surface area contributed by atoms with E-state index >= 15 is 0 Å². The van der Waals surface area contributed by atoms with Gasteiger partial charge in [-0.1, -0.05) is 13.0 Å². The van der Waals surface area contributed by atoms with Gasteiger partial charge in [0.25, 0.3) is 0 Å². The van der Waals surface area contributed by atoms with E-state index in [1.54, 1.807) is 13.4 Å². The molecule has 9 heavy (non-hydrogen) atoms. The summed E-state index contributed by atoms with van der Waals surface area (Å²) in [5, 5.41) is 0. The Hall–Kier alpha value is -0.790. The summed E-state index contributed by atoms with van der Waals surface area (Å²) in [4.78, 5) is 5.76. The van der Waals surface area contributed by atoms with Crippen molar-refractivity contribution in [2.24, 2.45) is 4.99 Å². The average Bonchev–Trinajstić information content (AvgIpc) is 1.85. The second-order valence-electron chi connectivity index (χ2n) is 1.83. The van der Waals surface area contributed by atoms with Crippen molar-refractivity contribution in [2.45, 2.75) is 13.3 Å². The van der Waals surface area contributed by atoms with Gasteiger partial charge in [0.05, 0.1) is 6.34 Å². The molecule has 0 aliphatic rings. The van der Waals surface area contributed by atoms with E-state index in [2.05, 4.69) is 18.0 Å². The molecule has 0 N–H and O–H groups in total. The minimum Gasteiger partial charge on any atom is -0.343 e. The summed E-state index contributed by atoms with van der Waals surface area (Å²) in [6, 6.07) is 0. The third-order valence-electron chi connectivity index (χ3n) is 0.874. The van der Waals surface area contributed by atoms with Gasteiger partial charge in [0.15, 0.2) is 0 Å². The van der Waals surface area contributed by atoms with Crippen LogP contribution in [-0.4, -0.2) is 25.3 Å². The molecule has 0 fully saturated rings. The normalized spacial score (nSPS) is 11.4. The number of hydrogen-bond donors (Lipinski definition) is 0. The van der Waals surface area contributed by atoms with Crippen LogP contribution in [0, 0.1) is 0 Å². The minimum absolute atomic E-state index is 1.07. The lowest BCUT2D eigenvalue weighted by Crippen LogP contribution is -2.06. The summed E-state index contributed by atoms with van der Waals surface area (Å²) in [6.45, 7) is 2.10. The highest BCUT2D eigenvalue weighted by molar-refractivity contribution is 5.55. The van der Waals surface area contributed by atoms with Crippen LogP contribution in [0.2, 0.25) is 0 Å². The second kappa shape index (κ2) is 5.35. The third-order valence-corrected chi connectivity index (χ3v) is 0.874. The van der Waals surface area contributed by atoms with Crippen LogP contribution >= 0.6 is 0 Å². The van der Waals surface area contributed by atoms with E-state index in [4.69, 9.17) is 0 Å². The van der Waals surface area contributed by atoms with Crippen LogP contribution < -0.4 is 0 Å². The zero-order chi connectivity index (χ0) is 7.11. The van der Waals surface area contributed by atoms with E-state index in [9.17, 15) is 0 Å². The molecule has 0 radical (unpaired) electrons. The molecule has 2 heteroatoms. The molecule has 0 saturated heterocycles. The lowest BCUT2D eigenvalue weighted by molar-refractivity contribution is 0.704. The summed E-state index contributed by atoms with van der Waals surface area (Å²) in [5.74, 6) is 0. The lowest BCUT2D eigenvalue weighted by atomic mass is 10.5. The summed E-state index contributed by atoms with van der Waals surface area (Å²) in [6.07, 6.45) is 6.92. The zero-order valence-electron chi connectivity index (χ0n) is 6.33. The standard InChI is InChI=1S/C7H14N2/c1-4-5-6-9(3)7-8-2/h5-7H,4H2,1-3H3/b6-5-,8-7-. The van der Waals surface area contributed by atoms with Gasteiger partial charge in [0, 0.05) is 20.3 Å². The van der Waals surface area contributed by atoms with Crippen molar-refractivity contribution in [1.82, 2.24) is 4.90 Å². The summed E-state index contributed by atoms with van der Waals surface area (Å²) >= 11 is 0. The molecule has 0 amide bonds. The average molecular weight is 126 g/mol. The SMILES string of the molecule is CC/C=C\N(C)/C=N\C. The van der Waals surface area contributed by atoms with Gasteiger partial charge >= 0.3 is 0 Å². The second-order valence-corrected chi connectivity index (χ2v) is 1.83. The molecule has 0 aromatic carbocycles. The number of aliphatic imine (C=N–C) groups is 1. The Labute approximate surface area is 56.9 Å². The molecule has 0 heterocycles. The Morgan fingerprint density at radius 1 is 1.56 bits per heavy atom. The molecule has 0 rings (SSSR count). The number of rotatable bonds is 3. The fourth-order valence-electron chi connectivity index (χ4n) is 0.492. The predicted octanol–water partition coefficient (Wildman–Crippen LogP) is 1.50. The van der Waals surface area contributed by atoms with Crippen molar-refractivity contribution in [2.75, 3.05) is 14.1 Å². The quantitative estimate of drug-likeness (QED) is 0.413. The molecule has 2 nitrogen and oxygen atoms in total. The van der Waals surface area contributed by atoms with Gasteiger partial charge in [-0.3, -0.25) is 4.99 Å². The van der Waals surface area contributed by atoms with Crippen LogP contribution in [0.3, 0.4) is 0 Å². The van der Waals surface area contributed by atoms with Crippen LogP contribution in [0.4, 0.5) is 0 Å². The highest BCUT2D eigenvalue weighted by atomic mass is 15.1. The number of nitrogens with zero attached hydrogens (tertiary/aromatic N) is 2. The molecule has 0 spiro atoms. The third kappa shape index (κ3) is 5.07. The van der Waals surface area contributed by atoms with Crippen molar-refractivity contribution < 1.29 is 0 Å². The van der Waals surface area contributed by atoms with Gasteiger partial charge in [0.2, 0.25) is 0 Å². The van der Waals surface area contributed by atoms with Crippen LogP contribution in [0.15, 0.2) is 17.3 Å². The van der Waals surface area contributed by atoms with Crippen molar-refractivity contribution in [3.05, 3.63) is 12.3 Å². The maximum atomic E-state index is 3.84. The molecule has 0 aliphatic heterocycles. The largest absolute Gasteiger partial charge is 0.343 e. The van der Waals surface area contributed by atoms with Gasteiger partial charge in [0.1, 0.15) is 0 Å². The summed E-state index contributed by atoms with van der Waals surface area (Å²) in [5.41, 5.74) is 0. The molecule has 0 aromatic rings. The first-order valence-corrected chi connectivity index (χ1v) is 3.12. The van der Waals surface area contributed by atoms with Crippen molar-refractivity contribution in [3.8, 4) is 0 Å². The van der Waals surface area contributed by atoms with Crippen LogP contribution in [0.5, 0.6) is 0 Å². The Morgan fingerprint density at radius 2 is 2.22 bits per heavy atom. The molecule has 0 aromatic heterocycles. The zero-order valence-corrected chi connectivity index (χ0v) is 6.33. The first-order valence-electron chi connectivity index (χ1n) is 3.12. The van der Waals surface area contributed by atoms with E-state index in [1.807, 2.05) is 18.1 Å². The van der Waals surface area contributed by atoms with Crippen LogP contribution in [-0.2, 0) is 0 Å². The van der Waals surface area contributed by atoms with Crippen molar-refractivity contribution in [1.29, 1.82) is 0 Å². The molecular formula is C7H14N2. The first-order chi connectivity index (χ1) is 4.31. The summed E-state index contributed by atoms with van der Waals surface area (Å²) in [7, 11) is 3.72. The first kappa shape index (κ1) is 8.21. The maximum absolute atomic E-state index is 3.84. The monoisotopic (exact) mass is 126 g/mol. The minimum atomic E-state index is 1.07. The van der Waals surface area contributed by atoms with Gasteiger partial charge in [-0.2, -0.15) is 0 Å². The van der Waals surface area contributed by atoms with Crippen LogP contribution in [0.25, 0.3) is 0 Å². The fourth-order valence-corrected chi connectivity index (χ4v) is 0.492. The Bertz CT molecular complexity index is 105. The van der Waals surface area contributed by atoms with Gasteiger partial charge in [-0.15, -0.1) is 0 Å². The molecule has 0 aliphatic carbocycles. The van der Waals surface area contributed by atoms with E-state index in [0.29, 0.717) is 0 Å². The Balaban J connectivity index is 3.48. The fraction of sp³-hybridized carbons (Fsp3) is 0.571. The van der Waals surface area contributed by atoms with E-state index < -0.39 is 0 Å². The Kier molecular flexibility index (Phi) is 4.88. The van der Waals surface area contributed by atoms with Crippen molar-refractivity contribution >= 4 is 6.34 Å². The van der Waals surface area contributed by atoms with E-state index in [0.717, 1.165) is 6.42 Å². The molecule has 0 atom stereocenters. The van der Waals surface area contributed by atoms with Crippen LogP contribution in [0.1, 0.15) is 13.3 Å². The van der Waals surface area contributed by atoms with Gasteiger partial charge in [-0.05, 0) is 6.42 Å². The molecule has 52 valence electrons.